The fourth-order valence-electron chi connectivity index (χ4n) is 2.75. The standard InChI is InChI=1S/C17H15FN2O4S/c1-24-15-6-5-10(9-14(15)20(22)23)17(21)19-13-7-8-25-16-11(13)3-2-4-12(16)18/h2-6,9,13H,7-8H2,1H3,(H,19,21)/t13-/m1/s1. The molecule has 0 unspecified atom stereocenters. The summed E-state index contributed by atoms with van der Waals surface area (Å²) in [6, 6.07) is 8.48. The summed E-state index contributed by atoms with van der Waals surface area (Å²) in [5, 5.41) is 13.9. The first-order valence-electron chi connectivity index (χ1n) is 7.55. The van der Waals surface area contributed by atoms with Crippen LogP contribution in [-0.2, 0) is 0 Å². The van der Waals surface area contributed by atoms with Crippen molar-refractivity contribution in [2.45, 2.75) is 17.4 Å². The molecule has 0 bridgehead atoms. The van der Waals surface area contributed by atoms with E-state index in [1.165, 1.54) is 43.1 Å². The van der Waals surface area contributed by atoms with Crippen molar-refractivity contribution >= 4 is 23.4 Å². The predicted octanol–water partition coefficient (Wildman–Crippen LogP) is 3.71. The lowest BCUT2D eigenvalue weighted by Crippen LogP contribution is -2.30. The van der Waals surface area contributed by atoms with Crippen molar-refractivity contribution in [3.63, 3.8) is 0 Å². The predicted molar refractivity (Wildman–Crippen MR) is 91.6 cm³/mol. The van der Waals surface area contributed by atoms with Crippen molar-refractivity contribution in [2.75, 3.05) is 12.9 Å². The van der Waals surface area contributed by atoms with Crippen molar-refractivity contribution in [3.05, 3.63) is 63.5 Å². The second kappa shape index (κ2) is 7.10. The van der Waals surface area contributed by atoms with E-state index in [9.17, 15) is 19.3 Å². The molecular formula is C17H15FN2O4S. The highest BCUT2D eigenvalue weighted by molar-refractivity contribution is 7.99. The van der Waals surface area contributed by atoms with Gasteiger partial charge >= 0.3 is 5.69 Å². The molecule has 1 N–H and O–H groups in total. The second-order valence-electron chi connectivity index (χ2n) is 5.47. The quantitative estimate of drug-likeness (QED) is 0.662. The molecule has 8 heteroatoms. The van der Waals surface area contributed by atoms with Gasteiger partial charge in [0.1, 0.15) is 5.82 Å². The fraction of sp³-hybridized carbons (Fsp3) is 0.235. The number of nitro groups is 1. The van der Waals surface area contributed by atoms with Gasteiger partial charge in [-0.15, -0.1) is 11.8 Å². The van der Waals surface area contributed by atoms with Crippen molar-refractivity contribution < 1.29 is 18.8 Å². The summed E-state index contributed by atoms with van der Waals surface area (Å²) in [6.45, 7) is 0. The zero-order chi connectivity index (χ0) is 18.0. The highest BCUT2D eigenvalue weighted by Gasteiger charge is 2.26. The number of ether oxygens (including phenoxy) is 1. The van der Waals surface area contributed by atoms with E-state index < -0.39 is 10.8 Å². The molecule has 0 spiro atoms. The van der Waals surface area contributed by atoms with Crippen LogP contribution in [0.1, 0.15) is 28.4 Å². The van der Waals surface area contributed by atoms with Gasteiger partial charge in [-0.1, -0.05) is 12.1 Å². The first-order chi connectivity index (χ1) is 12.0. The number of rotatable bonds is 4. The number of nitrogens with zero attached hydrogens (tertiary/aromatic N) is 1. The van der Waals surface area contributed by atoms with Gasteiger partial charge < -0.3 is 10.1 Å². The first kappa shape index (κ1) is 17.2. The molecule has 0 fully saturated rings. The van der Waals surface area contributed by atoms with Crippen molar-refractivity contribution in [2.24, 2.45) is 0 Å². The monoisotopic (exact) mass is 362 g/mol. The minimum Gasteiger partial charge on any atom is -0.490 e. The Hall–Kier alpha value is -2.61. The van der Waals surface area contributed by atoms with E-state index in [1.807, 2.05) is 0 Å². The molecule has 3 rings (SSSR count). The second-order valence-corrected chi connectivity index (χ2v) is 6.57. The SMILES string of the molecule is COc1ccc(C(=O)N[C@@H]2CCSc3c(F)cccc32)cc1[N+](=O)[O-]. The van der Waals surface area contributed by atoms with E-state index in [0.29, 0.717) is 17.1 Å². The summed E-state index contributed by atoms with van der Waals surface area (Å²) in [7, 11) is 1.33. The third-order valence-electron chi connectivity index (χ3n) is 3.97. The lowest BCUT2D eigenvalue weighted by atomic mass is 10.0. The number of amides is 1. The van der Waals surface area contributed by atoms with Crippen LogP contribution in [0.4, 0.5) is 10.1 Å². The van der Waals surface area contributed by atoms with Gasteiger partial charge in [0.15, 0.2) is 5.75 Å². The van der Waals surface area contributed by atoms with Crippen LogP contribution >= 0.6 is 11.8 Å². The molecule has 0 saturated carbocycles. The molecule has 2 aromatic carbocycles. The third-order valence-corrected chi connectivity index (χ3v) is 5.13. The molecule has 0 saturated heterocycles. The van der Waals surface area contributed by atoms with Crippen molar-refractivity contribution in [3.8, 4) is 5.75 Å². The Bertz CT molecular complexity index is 843. The molecule has 2 aromatic rings. The van der Waals surface area contributed by atoms with Crippen LogP contribution < -0.4 is 10.1 Å². The number of carbonyl (C=O) groups is 1. The van der Waals surface area contributed by atoms with Crippen LogP contribution in [0.5, 0.6) is 5.75 Å². The maximum absolute atomic E-state index is 13.9. The summed E-state index contributed by atoms with van der Waals surface area (Å²) in [6.07, 6.45) is 0.658. The minimum absolute atomic E-state index is 0.0861. The molecule has 6 nitrogen and oxygen atoms in total. The number of methoxy groups -OCH3 is 1. The molecule has 1 atom stereocenters. The van der Waals surface area contributed by atoms with Gasteiger partial charge in [0, 0.05) is 22.3 Å². The Morgan fingerprint density at radius 3 is 2.92 bits per heavy atom. The van der Waals surface area contributed by atoms with Gasteiger partial charge in [0.25, 0.3) is 5.91 Å². The first-order valence-corrected chi connectivity index (χ1v) is 8.54. The van der Waals surface area contributed by atoms with Crippen LogP contribution in [0, 0.1) is 15.9 Å². The Labute approximate surface area is 147 Å². The Morgan fingerprint density at radius 2 is 2.20 bits per heavy atom. The number of hydrogen-bond acceptors (Lipinski definition) is 5. The van der Waals surface area contributed by atoms with Crippen LogP contribution in [0.25, 0.3) is 0 Å². The molecule has 130 valence electrons. The van der Waals surface area contributed by atoms with Crippen LogP contribution in [0.2, 0.25) is 0 Å². The summed E-state index contributed by atoms with van der Waals surface area (Å²) in [5.41, 5.74) is 0.608. The maximum atomic E-state index is 13.9. The lowest BCUT2D eigenvalue weighted by molar-refractivity contribution is -0.385. The average molecular weight is 362 g/mol. The van der Waals surface area contributed by atoms with Gasteiger partial charge in [-0.05, 0) is 30.2 Å². The van der Waals surface area contributed by atoms with E-state index >= 15 is 0 Å². The number of halogens is 1. The number of fused-ring (bicyclic) bond motifs is 1. The lowest BCUT2D eigenvalue weighted by Gasteiger charge is -2.26. The number of hydrogen-bond donors (Lipinski definition) is 1. The molecule has 25 heavy (non-hydrogen) atoms. The molecule has 1 aliphatic heterocycles. The topological polar surface area (TPSA) is 81.5 Å². The number of carbonyl (C=O) groups excluding carboxylic acids is 1. The molecule has 1 aliphatic rings. The third kappa shape index (κ3) is 3.43. The van der Waals surface area contributed by atoms with Crippen LogP contribution in [0.3, 0.4) is 0 Å². The minimum atomic E-state index is -0.600. The van der Waals surface area contributed by atoms with Gasteiger partial charge in [-0.2, -0.15) is 0 Å². The summed E-state index contributed by atoms with van der Waals surface area (Å²) in [5.74, 6) is 0.0178. The normalized spacial score (nSPS) is 16.0. The largest absolute Gasteiger partial charge is 0.490 e. The highest BCUT2D eigenvalue weighted by Crippen LogP contribution is 2.38. The molecule has 0 radical (unpaired) electrons. The molecule has 1 heterocycles. The van der Waals surface area contributed by atoms with E-state index in [0.717, 1.165) is 5.56 Å². The fourth-order valence-corrected chi connectivity index (χ4v) is 3.89. The molecule has 0 aliphatic carbocycles. The van der Waals surface area contributed by atoms with E-state index in [2.05, 4.69) is 5.32 Å². The summed E-state index contributed by atoms with van der Waals surface area (Å²) < 4.78 is 18.8. The zero-order valence-corrected chi connectivity index (χ0v) is 14.1. The zero-order valence-electron chi connectivity index (χ0n) is 13.3. The average Bonchev–Trinajstić information content (AvgIpc) is 2.62. The van der Waals surface area contributed by atoms with E-state index in [-0.39, 0.29) is 28.9 Å². The number of nitro benzene ring substituents is 1. The molecular weight excluding hydrogens is 347 g/mol. The van der Waals surface area contributed by atoms with Crippen LogP contribution in [0.15, 0.2) is 41.3 Å². The van der Waals surface area contributed by atoms with E-state index in [1.54, 1.807) is 12.1 Å². The Balaban J connectivity index is 1.86. The van der Waals surface area contributed by atoms with Crippen molar-refractivity contribution in [1.82, 2.24) is 5.32 Å². The number of thioether (sulfide) groups is 1. The van der Waals surface area contributed by atoms with Gasteiger partial charge in [0.2, 0.25) is 0 Å². The Kier molecular flexibility index (Phi) is 4.89. The smallest absolute Gasteiger partial charge is 0.311 e. The van der Waals surface area contributed by atoms with Crippen molar-refractivity contribution in [1.29, 1.82) is 0 Å². The number of benzene rings is 2. The highest BCUT2D eigenvalue weighted by atomic mass is 32.2. The van der Waals surface area contributed by atoms with Gasteiger partial charge in [-0.25, -0.2) is 4.39 Å². The van der Waals surface area contributed by atoms with Gasteiger partial charge in [-0.3, -0.25) is 14.9 Å². The van der Waals surface area contributed by atoms with Gasteiger partial charge in [0.05, 0.1) is 18.1 Å². The Morgan fingerprint density at radius 1 is 1.40 bits per heavy atom. The number of nitrogens with one attached hydrogen (secondary N) is 1. The molecule has 0 aromatic heterocycles. The van der Waals surface area contributed by atoms with E-state index in [4.69, 9.17) is 4.74 Å². The molecule has 1 amide bonds. The summed E-state index contributed by atoms with van der Waals surface area (Å²) in [4.78, 5) is 23.5. The van der Waals surface area contributed by atoms with Crippen LogP contribution in [-0.4, -0.2) is 23.7 Å². The summed E-state index contributed by atoms with van der Waals surface area (Å²) >= 11 is 1.42. The maximum Gasteiger partial charge on any atom is 0.311 e.